The van der Waals surface area contributed by atoms with Crippen molar-refractivity contribution >= 4 is 28.4 Å². The van der Waals surface area contributed by atoms with Gasteiger partial charge >= 0.3 is 0 Å². The zero-order chi connectivity index (χ0) is 22.2. The van der Waals surface area contributed by atoms with Crippen LogP contribution in [0.25, 0.3) is 22.4 Å². The predicted molar refractivity (Wildman–Crippen MR) is 128 cm³/mol. The maximum absolute atomic E-state index is 13.6. The minimum atomic E-state index is -0.153. The summed E-state index contributed by atoms with van der Waals surface area (Å²) in [6.45, 7) is 4.09. The minimum absolute atomic E-state index is 0.153. The molecule has 0 N–H and O–H groups in total. The van der Waals surface area contributed by atoms with Crippen molar-refractivity contribution in [2.24, 2.45) is 0 Å². The first-order valence-electron chi connectivity index (χ1n) is 10.3. The van der Waals surface area contributed by atoms with E-state index < -0.39 is 0 Å². The molecule has 160 valence electrons. The summed E-state index contributed by atoms with van der Waals surface area (Å²) in [6, 6.07) is 21.6. The number of fused-ring (bicyclic) bond motifs is 3. The van der Waals surface area contributed by atoms with Crippen molar-refractivity contribution < 1.29 is 4.74 Å². The quantitative estimate of drug-likeness (QED) is 0.360. The Hall–Kier alpha value is -3.58. The number of benzene rings is 3. The average molecular weight is 443 g/mol. The van der Waals surface area contributed by atoms with E-state index in [1.165, 1.54) is 11.1 Å². The van der Waals surface area contributed by atoms with E-state index in [1.54, 1.807) is 23.4 Å². The topological polar surface area (TPSA) is 61.4 Å². The van der Waals surface area contributed by atoms with Gasteiger partial charge in [0.2, 0.25) is 5.78 Å². The summed E-state index contributed by atoms with van der Waals surface area (Å²) >= 11 is 1.60. The van der Waals surface area contributed by atoms with Gasteiger partial charge in [0.15, 0.2) is 5.16 Å². The van der Waals surface area contributed by atoms with Crippen LogP contribution in [0.3, 0.4) is 0 Å². The summed E-state index contributed by atoms with van der Waals surface area (Å²) in [5, 5.41) is 10.3. The van der Waals surface area contributed by atoms with Crippen molar-refractivity contribution in [3.8, 4) is 11.4 Å². The lowest BCUT2D eigenvalue weighted by atomic mass is 10.1. The second kappa shape index (κ2) is 8.16. The Kier molecular flexibility index (Phi) is 5.19. The molecule has 0 aliphatic rings. The van der Waals surface area contributed by atoms with Gasteiger partial charge in [-0.3, -0.25) is 9.20 Å². The van der Waals surface area contributed by atoms with E-state index in [9.17, 15) is 4.79 Å². The minimum Gasteiger partial charge on any atom is -0.495 e. The molecular formula is C25H22N4O2S. The molecule has 0 bridgehead atoms. The van der Waals surface area contributed by atoms with Crippen molar-refractivity contribution in [3.05, 3.63) is 93.8 Å². The lowest BCUT2D eigenvalue weighted by molar-refractivity contribution is 0.412. The molecule has 6 nitrogen and oxygen atoms in total. The smallest absolute Gasteiger partial charge is 0.267 e. The van der Waals surface area contributed by atoms with Gasteiger partial charge in [-0.2, -0.15) is 0 Å². The molecule has 0 aliphatic carbocycles. The Morgan fingerprint density at radius 1 is 0.969 bits per heavy atom. The number of ether oxygens (including phenoxy) is 1. The molecule has 0 fully saturated rings. The number of thioether (sulfide) groups is 1. The Labute approximate surface area is 189 Å². The molecule has 0 aliphatic heterocycles. The standard InChI is InChI=1S/C25H22N4O2S/c1-16-12-13-22(31-3)21(14-16)28-23(30)19-10-6-7-11-20(19)29-24(28)26-27-25(29)32-15-18-9-5-4-8-17(18)2/h4-14H,15H2,1-3H3. The summed E-state index contributed by atoms with van der Waals surface area (Å²) in [5.41, 5.74) is 4.78. The summed E-state index contributed by atoms with van der Waals surface area (Å²) < 4.78 is 9.13. The first kappa shape index (κ1) is 20.3. The van der Waals surface area contributed by atoms with Crippen LogP contribution in [0, 0.1) is 13.8 Å². The van der Waals surface area contributed by atoms with Crippen LogP contribution in [-0.2, 0) is 5.75 Å². The van der Waals surface area contributed by atoms with Crippen molar-refractivity contribution in [3.63, 3.8) is 0 Å². The molecular weight excluding hydrogens is 420 g/mol. The molecule has 0 saturated carbocycles. The Bertz CT molecular complexity index is 1520. The third-order valence-corrected chi connectivity index (χ3v) is 6.57. The third-order valence-electron chi connectivity index (χ3n) is 5.59. The van der Waals surface area contributed by atoms with Gasteiger partial charge in [-0.15, -0.1) is 10.2 Å². The predicted octanol–water partition coefficient (Wildman–Crippen LogP) is 4.95. The van der Waals surface area contributed by atoms with Gasteiger partial charge in [0.25, 0.3) is 5.56 Å². The average Bonchev–Trinajstić information content (AvgIpc) is 3.23. The van der Waals surface area contributed by atoms with Crippen molar-refractivity contribution in [1.82, 2.24) is 19.2 Å². The number of para-hydroxylation sites is 1. The van der Waals surface area contributed by atoms with Crippen molar-refractivity contribution in [2.45, 2.75) is 24.8 Å². The molecule has 5 rings (SSSR count). The molecule has 2 aromatic heterocycles. The fourth-order valence-electron chi connectivity index (χ4n) is 3.88. The van der Waals surface area contributed by atoms with E-state index in [0.717, 1.165) is 22.0 Å². The van der Waals surface area contributed by atoms with Gasteiger partial charge in [-0.25, -0.2) is 4.57 Å². The zero-order valence-electron chi connectivity index (χ0n) is 18.1. The second-order valence-electron chi connectivity index (χ2n) is 7.67. The van der Waals surface area contributed by atoms with Crippen LogP contribution in [0.15, 0.2) is 76.7 Å². The van der Waals surface area contributed by atoms with Gasteiger partial charge in [0.05, 0.1) is 23.7 Å². The highest BCUT2D eigenvalue weighted by molar-refractivity contribution is 7.98. The molecule has 0 unspecified atom stereocenters. The normalized spacial score (nSPS) is 11.3. The van der Waals surface area contributed by atoms with Gasteiger partial charge in [-0.1, -0.05) is 54.2 Å². The maximum Gasteiger partial charge on any atom is 0.267 e. The molecule has 3 aromatic carbocycles. The molecule has 0 spiro atoms. The van der Waals surface area contributed by atoms with E-state index in [-0.39, 0.29) is 5.56 Å². The summed E-state index contributed by atoms with van der Waals surface area (Å²) in [4.78, 5) is 13.6. The molecule has 0 radical (unpaired) electrons. The van der Waals surface area contributed by atoms with Crippen molar-refractivity contribution in [1.29, 1.82) is 0 Å². The lowest BCUT2D eigenvalue weighted by Crippen LogP contribution is -2.22. The Morgan fingerprint density at radius 2 is 1.75 bits per heavy atom. The first-order chi connectivity index (χ1) is 15.6. The monoisotopic (exact) mass is 442 g/mol. The first-order valence-corrected chi connectivity index (χ1v) is 11.3. The van der Waals surface area contributed by atoms with E-state index in [2.05, 4.69) is 29.3 Å². The van der Waals surface area contributed by atoms with Gasteiger partial charge in [-0.05, 0) is 54.8 Å². The summed E-state index contributed by atoms with van der Waals surface area (Å²) in [7, 11) is 1.60. The number of rotatable bonds is 5. The third kappa shape index (κ3) is 3.35. The van der Waals surface area contributed by atoms with Crippen LogP contribution >= 0.6 is 11.8 Å². The van der Waals surface area contributed by atoms with Gasteiger partial charge in [0, 0.05) is 5.75 Å². The Balaban J connectivity index is 1.76. The zero-order valence-corrected chi connectivity index (χ0v) is 18.9. The Morgan fingerprint density at radius 3 is 2.56 bits per heavy atom. The van der Waals surface area contributed by atoms with Gasteiger partial charge < -0.3 is 4.74 Å². The van der Waals surface area contributed by atoms with Crippen LogP contribution in [0.2, 0.25) is 0 Å². The highest BCUT2D eigenvalue weighted by Gasteiger charge is 2.20. The molecule has 0 amide bonds. The molecule has 7 heteroatoms. The number of hydrogen-bond donors (Lipinski definition) is 0. The number of methoxy groups -OCH3 is 1. The maximum atomic E-state index is 13.6. The fourth-order valence-corrected chi connectivity index (χ4v) is 4.89. The molecule has 32 heavy (non-hydrogen) atoms. The van der Waals surface area contributed by atoms with E-state index in [4.69, 9.17) is 4.74 Å². The highest BCUT2D eigenvalue weighted by Crippen LogP contribution is 2.29. The molecule has 0 atom stereocenters. The highest BCUT2D eigenvalue weighted by atomic mass is 32.2. The SMILES string of the molecule is COc1ccc(C)cc1-n1c(=O)c2ccccc2n2c(SCc3ccccc3C)nnc12. The number of nitrogens with zero attached hydrogens (tertiary/aromatic N) is 4. The number of hydrogen-bond acceptors (Lipinski definition) is 5. The summed E-state index contributed by atoms with van der Waals surface area (Å²) in [5.74, 6) is 1.83. The van der Waals surface area contributed by atoms with E-state index in [0.29, 0.717) is 22.6 Å². The molecule has 2 heterocycles. The van der Waals surface area contributed by atoms with Crippen LogP contribution in [-0.4, -0.2) is 26.3 Å². The second-order valence-corrected chi connectivity index (χ2v) is 8.61. The van der Waals surface area contributed by atoms with Crippen molar-refractivity contribution in [2.75, 3.05) is 7.11 Å². The number of aryl methyl sites for hydroxylation is 2. The molecule has 0 saturated heterocycles. The van der Waals surface area contributed by atoms with Gasteiger partial charge in [0.1, 0.15) is 5.75 Å². The summed E-state index contributed by atoms with van der Waals surface area (Å²) in [6.07, 6.45) is 0. The van der Waals surface area contributed by atoms with Crippen LogP contribution in [0.5, 0.6) is 5.75 Å². The lowest BCUT2D eigenvalue weighted by Gasteiger charge is -2.14. The van der Waals surface area contributed by atoms with E-state index in [1.807, 2.05) is 65.9 Å². The largest absolute Gasteiger partial charge is 0.495 e. The van der Waals surface area contributed by atoms with Crippen LogP contribution < -0.4 is 10.3 Å². The number of aromatic nitrogens is 4. The van der Waals surface area contributed by atoms with Crippen LogP contribution in [0.1, 0.15) is 16.7 Å². The fraction of sp³-hybridized carbons (Fsp3) is 0.160. The van der Waals surface area contributed by atoms with Crippen LogP contribution in [0.4, 0.5) is 0 Å². The van der Waals surface area contributed by atoms with E-state index >= 15 is 0 Å². The molecule has 5 aromatic rings.